The lowest BCUT2D eigenvalue weighted by Gasteiger charge is -2.29. The van der Waals surface area contributed by atoms with Gasteiger partial charge in [-0.3, -0.25) is 0 Å². The van der Waals surface area contributed by atoms with Gasteiger partial charge in [0, 0.05) is 25.7 Å². The second kappa shape index (κ2) is 6.52. The summed E-state index contributed by atoms with van der Waals surface area (Å²) in [5.74, 6) is 0.577. The molecular weight excluding hydrogens is 234 g/mol. The summed E-state index contributed by atoms with van der Waals surface area (Å²) >= 11 is 5.40. The summed E-state index contributed by atoms with van der Waals surface area (Å²) in [4.78, 5) is 4.27. The Morgan fingerprint density at radius 1 is 1.53 bits per heavy atom. The second-order valence-electron chi connectivity index (χ2n) is 5.54. The summed E-state index contributed by atoms with van der Waals surface area (Å²) < 4.78 is 0. The van der Waals surface area contributed by atoms with E-state index in [-0.39, 0.29) is 6.10 Å². The van der Waals surface area contributed by atoms with Crippen LogP contribution in [0.2, 0.25) is 0 Å². The summed E-state index contributed by atoms with van der Waals surface area (Å²) in [6, 6.07) is 0.326. The van der Waals surface area contributed by atoms with Gasteiger partial charge in [0.2, 0.25) is 0 Å². The molecule has 2 N–H and O–H groups in total. The molecule has 2 atom stereocenters. The van der Waals surface area contributed by atoms with E-state index in [1.807, 2.05) is 14.1 Å². The molecule has 100 valence electrons. The molecule has 1 heterocycles. The lowest BCUT2D eigenvalue weighted by Crippen LogP contribution is -2.47. The molecule has 0 radical (unpaired) electrons. The predicted octanol–water partition coefficient (Wildman–Crippen LogP) is 0.514. The smallest absolute Gasteiger partial charge is 0.169 e. The number of nitrogens with one attached hydrogen (secondary N) is 1. The minimum atomic E-state index is -0.251. The second-order valence-corrected chi connectivity index (χ2v) is 5.92. The molecule has 0 spiro atoms. The largest absolute Gasteiger partial charge is 0.391 e. The van der Waals surface area contributed by atoms with Crippen molar-refractivity contribution in [1.29, 1.82) is 0 Å². The summed E-state index contributed by atoms with van der Waals surface area (Å²) in [6.45, 7) is 6.79. The third-order valence-corrected chi connectivity index (χ3v) is 3.27. The molecule has 17 heavy (non-hydrogen) atoms. The Hall–Kier alpha value is -0.390. The number of likely N-dealkylation sites (N-methyl/N-ethyl adjacent to an activating group) is 1. The standard InChI is InChI=1S/C12H25N3OS/c1-9(2)6-13-12(17)15-8-11(16)5-10(15)7-14(3)4/h9-11,16H,5-8H2,1-4H3,(H,13,17). The number of aliphatic hydroxyl groups is 1. The molecule has 1 rings (SSSR count). The highest BCUT2D eigenvalue weighted by Gasteiger charge is 2.32. The monoisotopic (exact) mass is 259 g/mol. The molecule has 5 heteroatoms. The molecule has 0 aromatic carbocycles. The topological polar surface area (TPSA) is 38.7 Å². The predicted molar refractivity (Wildman–Crippen MR) is 75.1 cm³/mol. The molecule has 0 amide bonds. The van der Waals surface area contributed by atoms with Crippen molar-refractivity contribution >= 4 is 17.3 Å². The van der Waals surface area contributed by atoms with Crippen molar-refractivity contribution in [3.05, 3.63) is 0 Å². The van der Waals surface area contributed by atoms with Crippen LogP contribution < -0.4 is 5.32 Å². The molecule has 4 nitrogen and oxygen atoms in total. The van der Waals surface area contributed by atoms with Crippen LogP contribution in [0.3, 0.4) is 0 Å². The SMILES string of the molecule is CC(C)CNC(=S)N1CC(O)CC1CN(C)C. The maximum atomic E-state index is 9.76. The van der Waals surface area contributed by atoms with E-state index in [4.69, 9.17) is 12.2 Å². The Morgan fingerprint density at radius 2 is 2.18 bits per heavy atom. The van der Waals surface area contributed by atoms with Crippen LogP contribution in [-0.2, 0) is 0 Å². The van der Waals surface area contributed by atoms with Gasteiger partial charge in [0.1, 0.15) is 0 Å². The van der Waals surface area contributed by atoms with E-state index >= 15 is 0 Å². The van der Waals surface area contributed by atoms with Crippen molar-refractivity contribution in [2.45, 2.75) is 32.4 Å². The highest BCUT2D eigenvalue weighted by Crippen LogP contribution is 2.18. The van der Waals surface area contributed by atoms with Gasteiger partial charge < -0.3 is 20.2 Å². The highest BCUT2D eigenvalue weighted by molar-refractivity contribution is 7.80. The Balaban J connectivity index is 2.51. The average Bonchev–Trinajstić information content (AvgIpc) is 2.54. The van der Waals surface area contributed by atoms with E-state index in [2.05, 4.69) is 29.0 Å². The Kier molecular flexibility index (Phi) is 5.62. The van der Waals surface area contributed by atoms with Crippen molar-refractivity contribution in [2.24, 2.45) is 5.92 Å². The fraction of sp³-hybridized carbons (Fsp3) is 0.917. The number of hydrogen-bond acceptors (Lipinski definition) is 3. The zero-order chi connectivity index (χ0) is 13.0. The van der Waals surface area contributed by atoms with Crippen LogP contribution in [-0.4, -0.2) is 65.9 Å². The maximum Gasteiger partial charge on any atom is 0.169 e. The van der Waals surface area contributed by atoms with Crippen molar-refractivity contribution in [1.82, 2.24) is 15.1 Å². The van der Waals surface area contributed by atoms with Crippen LogP contribution in [0.4, 0.5) is 0 Å². The van der Waals surface area contributed by atoms with Gasteiger partial charge >= 0.3 is 0 Å². The van der Waals surface area contributed by atoms with E-state index in [0.717, 1.165) is 24.6 Å². The first-order chi connectivity index (χ1) is 7.90. The number of rotatable bonds is 4. The number of hydrogen-bond donors (Lipinski definition) is 2. The number of aliphatic hydroxyl groups excluding tert-OH is 1. The van der Waals surface area contributed by atoms with Gasteiger partial charge in [-0.05, 0) is 38.7 Å². The highest BCUT2D eigenvalue weighted by atomic mass is 32.1. The Morgan fingerprint density at radius 3 is 2.71 bits per heavy atom. The van der Waals surface area contributed by atoms with Gasteiger partial charge in [0.15, 0.2) is 5.11 Å². The van der Waals surface area contributed by atoms with E-state index < -0.39 is 0 Å². The Bertz CT molecular complexity index is 258. The zero-order valence-electron chi connectivity index (χ0n) is 11.3. The van der Waals surface area contributed by atoms with Crippen LogP contribution in [0.15, 0.2) is 0 Å². The molecule has 1 aliphatic rings. The van der Waals surface area contributed by atoms with Crippen molar-refractivity contribution in [3.8, 4) is 0 Å². The minimum Gasteiger partial charge on any atom is -0.391 e. The minimum absolute atomic E-state index is 0.251. The molecule has 1 saturated heterocycles. The van der Waals surface area contributed by atoms with Gasteiger partial charge in [-0.1, -0.05) is 13.8 Å². The van der Waals surface area contributed by atoms with Gasteiger partial charge in [-0.2, -0.15) is 0 Å². The molecule has 1 fully saturated rings. The van der Waals surface area contributed by atoms with Gasteiger partial charge in [-0.25, -0.2) is 0 Å². The number of thiocarbonyl (C=S) groups is 1. The third kappa shape index (κ3) is 4.77. The van der Waals surface area contributed by atoms with Crippen LogP contribution in [0.25, 0.3) is 0 Å². The fourth-order valence-corrected chi connectivity index (χ4v) is 2.44. The number of β-amino-alcohol motifs (C(OH)–C–C–N with tert-alkyl or cyclic N) is 1. The normalized spacial score (nSPS) is 24.8. The molecule has 0 saturated carbocycles. The van der Waals surface area contributed by atoms with Crippen LogP contribution >= 0.6 is 12.2 Å². The molecule has 0 bridgehead atoms. The molecule has 0 aromatic rings. The van der Waals surface area contributed by atoms with Gasteiger partial charge in [-0.15, -0.1) is 0 Å². The summed E-state index contributed by atoms with van der Waals surface area (Å²) in [6.07, 6.45) is 0.556. The van der Waals surface area contributed by atoms with Crippen LogP contribution in [0.1, 0.15) is 20.3 Å². The number of likely N-dealkylation sites (tertiary alicyclic amines) is 1. The molecule has 1 aliphatic heterocycles. The van der Waals surface area contributed by atoms with Gasteiger partial charge in [0.25, 0.3) is 0 Å². The van der Waals surface area contributed by atoms with Crippen molar-refractivity contribution in [2.75, 3.05) is 33.7 Å². The quantitative estimate of drug-likeness (QED) is 0.720. The van der Waals surface area contributed by atoms with E-state index in [1.165, 1.54) is 0 Å². The first kappa shape index (κ1) is 14.7. The first-order valence-corrected chi connectivity index (χ1v) is 6.68. The number of nitrogens with zero attached hydrogens (tertiary/aromatic N) is 2. The average molecular weight is 259 g/mol. The fourth-order valence-electron chi connectivity index (χ4n) is 2.13. The third-order valence-electron chi connectivity index (χ3n) is 2.89. The van der Waals surface area contributed by atoms with E-state index in [9.17, 15) is 5.11 Å². The summed E-state index contributed by atoms with van der Waals surface area (Å²) in [7, 11) is 4.10. The van der Waals surface area contributed by atoms with Crippen molar-refractivity contribution < 1.29 is 5.11 Å². The summed E-state index contributed by atoms with van der Waals surface area (Å²) in [5.41, 5.74) is 0. The first-order valence-electron chi connectivity index (χ1n) is 6.27. The van der Waals surface area contributed by atoms with Gasteiger partial charge in [0.05, 0.1) is 6.10 Å². The lowest BCUT2D eigenvalue weighted by atomic mass is 10.2. The Labute approximate surface area is 110 Å². The molecule has 0 aliphatic carbocycles. The maximum absolute atomic E-state index is 9.76. The van der Waals surface area contributed by atoms with Crippen molar-refractivity contribution in [3.63, 3.8) is 0 Å². The van der Waals surface area contributed by atoms with Crippen LogP contribution in [0.5, 0.6) is 0 Å². The van der Waals surface area contributed by atoms with E-state index in [0.29, 0.717) is 18.5 Å². The van der Waals surface area contributed by atoms with Crippen LogP contribution in [0, 0.1) is 5.92 Å². The molecular formula is C12H25N3OS. The zero-order valence-corrected chi connectivity index (χ0v) is 12.1. The molecule has 2 unspecified atom stereocenters. The summed E-state index contributed by atoms with van der Waals surface area (Å²) in [5, 5.41) is 13.8. The van der Waals surface area contributed by atoms with E-state index in [1.54, 1.807) is 0 Å². The lowest BCUT2D eigenvalue weighted by molar-refractivity contribution is 0.187. The molecule has 0 aromatic heterocycles.